The zero-order valence-corrected chi connectivity index (χ0v) is 17.5. The van der Waals surface area contributed by atoms with Gasteiger partial charge >= 0.3 is 0 Å². The Balaban J connectivity index is 1.56. The Labute approximate surface area is 172 Å². The van der Waals surface area contributed by atoms with Gasteiger partial charge in [-0.15, -0.1) is 11.3 Å². The van der Waals surface area contributed by atoms with Gasteiger partial charge in [0.15, 0.2) is 5.13 Å². The van der Waals surface area contributed by atoms with Crippen LogP contribution in [-0.2, 0) is 21.2 Å². The minimum Gasteiger partial charge on any atom is -0.326 e. The molecule has 0 aliphatic heterocycles. The van der Waals surface area contributed by atoms with E-state index in [1.54, 1.807) is 36.6 Å². The van der Waals surface area contributed by atoms with Crippen molar-refractivity contribution < 1.29 is 17.6 Å². The minimum absolute atomic E-state index is 0.142. The number of hydrogen-bond acceptors (Lipinski definition) is 5. The Morgan fingerprint density at radius 2 is 1.86 bits per heavy atom. The predicted molar refractivity (Wildman–Crippen MR) is 112 cm³/mol. The van der Waals surface area contributed by atoms with Crippen LogP contribution >= 0.6 is 11.3 Å². The predicted octanol–water partition coefficient (Wildman–Crippen LogP) is 4.27. The number of benzene rings is 2. The lowest BCUT2D eigenvalue weighted by Crippen LogP contribution is -2.13. The second-order valence-electron chi connectivity index (χ2n) is 6.57. The minimum atomic E-state index is -3.71. The summed E-state index contributed by atoms with van der Waals surface area (Å²) in [5.41, 5.74) is 2.46. The van der Waals surface area contributed by atoms with E-state index in [0.717, 1.165) is 16.9 Å². The number of sulfonamides is 1. The summed E-state index contributed by atoms with van der Waals surface area (Å²) in [6.45, 7) is 3.52. The van der Waals surface area contributed by atoms with Crippen LogP contribution in [-0.4, -0.2) is 19.3 Å². The molecule has 9 heteroatoms. The summed E-state index contributed by atoms with van der Waals surface area (Å²) in [6, 6.07) is 11.0. The number of halogens is 1. The zero-order valence-electron chi connectivity index (χ0n) is 15.9. The van der Waals surface area contributed by atoms with Crippen LogP contribution in [0, 0.1) is 19.7 Å². The van der Waals surface area contributed by atoms with Crippen molar-refractivity contribution in [3.8, 4) is 0 Å². The molecule has 3 aromatic rings. The summed E-state index contributed by atoms with van der Waals surface area (Å²) in [6.07, 6.45) is 0.478. The number of nitrogens with one attached hydrogen (secondary N) is 2. The van der Waals surface area contributed by atoms with Gasteiger partial charge in [-0.25, -0.2) is 17.8 Å². The van der Waals surface area contributed by atoms with Crippen molar-refractivity contribution in [2.75, 3.05) is 10.0 Å². The lowest BCUT2D eigenvalue weighted by Gasteiger charge is -2.06. The number of aromatic nitrogens is 1. The molecule has 6 nitrogen and oxygen atoms in total. The molecule has 0 bridgehead atoms. The molecule has 0 atom stereocenters. The van der Waals surface area contributed by atoms with Crippen LogP contribution < -0.4 is 10.0 Å². The largest absolute Gasteiger partial charge is 0.326 e. The molecule has 0 unspecified atom stereocenters. The highest BCUT2D eigenvalue weighted by atomic mass is 32.2. The molecule has 0 saturated heterocycles. The molecule has 2 aromatic carbocycles. The van der Waals surface area contributed by atoms with E-state index in [2.05, 4.69) is 15.0 Å². The number of nitrogens with zero attached hydrogens (tertiary/aromatic N) is 1. The van der Waals surface area contributed by atoms with Gasteiger partial charge in [0.25, 0.3) is 10.0 Å². The van der Waals surface area contributed by atoms with Crippen molar-refractivity contribution >= 4 is 38.1 Å². The van der Waals surface area contributed by atoms with E-state index >= 15 is 0 Å². The molecule has 2 N–H and O–H groups in total. The van der Waals surface area contributed by atoms with Gasteiger partial charge in [0, 0.05) is 17.5 Å². The second-order valence-corrected chi connectivity index (χ2v) is 9.12. The molecule has 29 heavy (non-hydrogen) atoms. The lowest BCUT2D eigenvalue weighted by atomic mass is 10.2. The number of thiazole rings is 1. The molecule has 1 aromatic heterocycles. The second kappa shape index (κ2) is 8.71. The molecule has 152 valence electrons. The van der Waals surface area contributed by atoms with Crippen LogP contribution in [0.2, 0.25) is 0 Å². The van der Waals surface area contributed by atoms with Crippen molar-refractivity contribution in [1.29, 1.82) is 0 Å². The summed E-state index contributed by atoms with van der Waals surface area (Å²) in [4.78, 5) is 16.4. The topological polar surface area (TPSA) is 88.2 Å². The average Bonchev–Trinajstić information content (AvgIpc) is 3.10. The third-order valence-corrected chi connectivity index (χ3v) is 6.46. The molecule has 0 aliphatic rings. The average molecular weight is 434 g/mol. The van der Waals surface area contributed by atoms with Crippen LogP contribution in [0.3, 0.4) is 0 Å². The monoisotopic (exact) mass is 433 g/mol. The standard InChI is InChI=1S/C20H20FN3O3S2/c1-13-3-8-17(9-4-13)29(26,27)24-20-23-16(12-28-20)7-10-19(25)22-15-6-5-14(2)18(21)11-15/h3-6,8-9,11-12H,7,10H2,1-2H3,(H,22,25)(H,23,24). The number of hydrogen-bond donors (Lipinski definition) is 2. The number of amides is 1. The zero-order chi connectivity index (χ0) is 21.0. The van der Waals surface area contributed by atoms with Crippen LogP contribution in [0.15, 0.2) is 52.7 Å². The maximum absolute atomic E-state index is 13.5. The quantitative estimate of drug-likeness (QED) is 0.582. The third kappa shape index (κ3) is 5.61. The van der Waals surface area contributed by atoms with Crippen molar-refractivity contribution in [2.24, 2.45) is 0 Å². The highest BCUT2D eigenvalue weighted by Gasteiger charge is 2.16. The van der Waals surface area contributed by atoms with Crippen molar-refractivity contribution in [1.82, 2.24) is 4.98 Å². The first-order valence-corrected chi connectivity index (χ1v) is 11.2. The Kier molecular flexibility index (Phi) is 6.29. The van der Waals surface area contributed by atoms with Crippen molar-refractivity contribution in [3.05, 3.63) is 70.5 Å². The van der Waals surface area contributed by atoms with E-state index in [-0.39, 0.29) is 28.2 Å². The number of rotatable bonds is 7. The van der Waals surface area contributed by atoms with E-state index in [1.165, 1.54) is 18.2 Å². The van der Waals surface area contributed by atoms with E-state index < -0.39 is 10.0 Å². The van der Waals surface area contributed by atoms with Gasteiger partial charge in [-0.1, -0.05) is 23.8 Å². The molecular weight excluding hydrogens is 413 g/mol. The molecule has 0 spiro atoms. The third-order valence-electron chi connectivity index (χ3n) is 4.17. The fourth-order valence-electron chi connectivity index (χ4n) is 2.50. The van der Waals surface area contributed by atoms with E-state index in [1.807, 2.05) is 6.92 Å². The first-order valence-electron chi connectivity index (χ1n) is 8.83. The SMILES string of the molecule is Cc1ccc(S(=O)(=O)Nc2nc(CCC(=O)Nc3ccc(C)c(F)c3)cs2)cc1. The molecule has 3 rings (SSSR count). The van der Waals surface area contributed by atoms with Gasteiger partial charge in [-0.05, 0) is 50.1 Å². The molecule has 0 aliphatic carbocycles. The van der Waals surface area contributed by atoms with Crippen molar-refractivity contribution in [3.63, 3.8) is 0 Å². The fraction of sp³-hybridized carbons (Fsp3) is 0.200. The Morgan fingerprint density at radius 1 is 1.14 bits per heavy atom. The summed E-state index contributed by atoms with van der Waals surface area (Å²) < 4.78 is 40.8. The Hall–Kier alpha value is -2.78. The van der Waals surface area contributed by atoms with Gasteiger partial charge < -0.3 is 5.32 Å². The summed E-state index contributed by atoms with van der Waals surface area (Å²) >= 11 is 1.15. The first kappa shape index (κ1) is 20.9. The highest BCUT2D eigenvalue weighted by Crippen LogP contribution is 2.21. The van der Waals surface area contributed by atoms with Gasteiger partial charge in [0.1, 0.15) is 5.82 Å². The van der Waals surface area contributed by atoms with Gasteiger partial charge in [-0.2, -0.15) is 0 Å². The summed E-state index contributed by atoms with van der Waals surface area (Å²) in [5.74, 6) is -0.657. The molecular formula is C20H20FN3O3S2. The molecule has 0 saturated carbocycles. The van der Waals surface area contributed by atoms with Gasteiger partial charge in [0.05, 0.1) is 10.6 Å². The normalized spacial score (nSPS) is 11.3. The number of anilines is 2. The number of aryl methyl sites for hydroxylation is 3. The molecule has 1 heterocycles. The van der Waals surface area contributed by atoms with Crippen molar-refractivity contribution in [2.45, 2.75) is 31.6 Å². The fourth-order valence-corrected chi connectivity index (χ4v) is 4.49. The molecule has 0 fully saturated rings. The number of carbonyl (C=O) groups is 1. The van der Waals surface area contributed by atoms with Gasteiger partial charge in [-0.3, -0.25) is 9.52 Å². The Morgan fingerprint density at radius 3 is 2.55 bits per heavy atom. The lowest BCUT2D eigenvalue weighted by molar-refractivity contribution is -0.116. The molecule has 0 radical (unpaired) electrons. The smallest absolute Gasteiger partial charge is 0.263 e. The summed E-state index contributed by atoms with van der Waals surface area (Å²) in [5, 5.41) is 4.57. The van der Waals surface area contributed by atoms with Crippen LogP contribution in [0.25, 0.3) is 0 Å². The van der Waals surface area contributed by atoms with Crippen LogP contribution in [0.5, 0.6) is 0 Å². The van der Waals surface area contributed by atoms with E-state index in [4.69, 9.17) is 0 Å². The highest BCUT2D eigenvalue weighted by molar-refractivity contribution is 7.93. The van der Waals surface area contributed by atoms with Crippen LogP contribution in [0.1, 0.15) is 23.2 Å². The maximum Gasteiger partial charge on any atom is 0.263 e. The van der Waals surface area contributed by atoms with Gasteiger partial charge in [0.2, 0.25) is 5.91 Å². The van der Waals surface area contributed by atoms with E-state index in [0.29, 0.717) is 23.4 Å². The molecule has 1 amide bonds. The van der Waals surface area contributed by atoms with E-state index in [9.17, 15) is 17.6 Å². The maximum atomic E-state index is 13.5. The number of carbonyl (C=O) groups excluding carboxylic acids is 1. The van der Waals surface area contributed by atoms with Crippen LogP contribution in [0.4, 0.5) is 15.2 Å². The Bertz CT molecular complexity index is 1130. The first-order chi connectivity index (χ1) is 13.7. The summed E-state index contributed by atoms with van der Waals surface area (Å²) in [7, 11) is -3.71.